The van der Waals surface area contributed by atoms with Crippen LogP contribution in [0.2, 0.25) is 0 Å². The highest BCUT2D eigenvalue weighted by molar-refractivity contribution is 5.85. The molecule has 1 amide bonds. The van der Waals surface area contributed by atoms with Crippen LogP contribution < -0.4 is 0 Å². The molecule has 30 heavy (non-hydrogen) atoms. The van der Waals surface area contributed by atoms with Gasteiger partial charge in [0.05, 0.1) is 5.60 Å². The number of piperidine rings is 1. The molecule has 2 aliphatic heterocycles. The molecule has 0 spiro atoms. The predicted octanol–water partition coefficient (Wildman–Crippen LogP) is 5.08. The number of aliphatic hydroxyl groups is 1. The van der Waals surface area contributed by atoms with Crippen molar-refractivity contribution < 1.29 is 14.6 Å². The van der Waals surface area contributed by atoms with Crippen molar-refractivity contribution in [1.29, 1.82) is 0 Å². The van der Waals surface area contributed by atoms with Crippen molar-refractivity contribution in [1.82, 2.24) is 4.90 Å². The van der Waals surface area contributed by atoms with Crippen LogP contribution in [0.25, 0.3) is 10.8 Å². The molecule has 2 atom stereocenters. The number of rotatable bonds is 4. The molecule has 2 fully saturated rings. The van der Waals surface area contributed by atoms with Crippen LogP contribution in [-0.2, 0) is 17.8 Å². The maximum Gasteiger partial charge on any atom is 0.410 e. The van der Waals surface area contributed by atoms with E-state index in [4.69, 9.17) is 4.74 Å². The number of benzene rings is 3. The zero-order chi connectivity index (χ0) is 20.6. The van der Waals surface area contributed by atoms with Gasteiger partial charge in [-0.2, -0.15) is 0 Å². The summed E-state index contributed by atoms with van der Waals surface area (Å²) in [5.74, 6) is 0. The molecule has 2 aliphatic rings. The number of ether oxygens (including phenoxy) is 1. The van der Waals surface area contributed by atoms with Gasteiger partial charge in [-0.1, -0.05) is 72.8 Å². The van der Waals surface area contributed by atoms with E-state index in [2.05, 4.69) is 30.3 Å². The third kappa shape index (κ3) is 3.68. The summed E-state index contributed by atoms with van der Waals surface area (Å²) >= 11 is 0. The maximum atomic E-state index is 12.8. The Morgan fingerprint density at radius 3 is 2.37 bits per heavy atom. The van der Waals surface area contributed by atoms with Gasteiger partial charge in [-0.3, -0.25) is 0 Å². The summed E-state index contributed by atoms with van der Waals surface area (Å²) in [6.07, 6.45) is 3.44. The quantitative estimate of drug-likeness (QED) is 0.663. The van der Waals surface area contributed by atoms with Crippen LogP contribution in [0.1, 0.15) is 36.8 Å². The Labute approximate surface area is 177 Å². The minimum atomic E-state index is -0.786. The minimum absolute atomic E-state index is 0.0481. The Morgan fingerprint density at radius 2 is 1.60 bits per heavy atom. The molecule has 0 aliphatic carbocycles. The van der Waals surface area contributed by atoms with Gasteiger partial charge in [0.15, 0.2) is 0 Å². The number of hydrogen-bond acceptors (Lipinski definition) is 3. The van der Waals surface area contributed by atoms with Gasteiger partial charge in [-0.15, -0.1) is 0 Å². The first-order chi connectivity index (χ1) is 14.6. The van der Waals surface area contributed by atoms with E-state index in [-0.39, 0.29) is 24.8 Å². The van der Waals surface area contributed by atoms with Crippen LogP contribution in [0.15, 0.2) is 72.8 Å². The molecule has 0 saturated carbocycles. The van der Waals surface area contributed by atoms with Crippen molar-refractivity contribution in [2.24, 2.45) is 0 Å². The maximum absolute atomic E-state index is 12.8. The molecular weight excluding hydrogens is 374 g/mol. The fraction of sp³-hybridized carbons (Fsp3) is 0.346. The topological polar surface area (TPSA) is 49.8 Å². The second-order valence-electron chi connectivity index (χ2n) is 8.78. The molecule has 4 nitrogen and oxygen atoms in total. The van der Waals surface area contributed by atoms with Crippen LogP contribution >= 0.6 is 0 Å². The third-order valence-corrected chi connectivity index (χ3v) is 6.67. The molecule has 2 unspecified atom stereocenters. The minimum Gasteiger partial charge on any atom is -0.445 e. The van der Waals surface area contributed by atoms with E-state index in [1.807, 2.05) is 47.4 Å². The number of hydrogen-bond donors (Lipinski definition) is 1. The van der Waals surface area contributed by atoms with Crippen molar-refractivity contribution in [2.75, 3.05) is 0 Å². The summed E-state index contributed by atoms with van der Waals surface area (Å²) in [6, 6.07) is 24.5. The SMILES string of the molecule is O=C(OCc1ccccc1)N1C2CCC1CC(O)(Cc1cccc3ccccc13)C2. The van der Waals surface area contributed by atoms with Crippen molar-refractivity contribution in [3.05, 3.63) is 83.9 Å². The van der Waals surface area contributed by atoms with E-state index in [1.165, 1.54) is 16.3 Å². The molecule has 3 aromatic rings. The molecule has 1 N–H and O–H groups in total. The Balaban J connectivity index is 1.29. The predicted molar refractivity (Wildman–Crippen MR) is 117 cm³/mol. The monoisotopic (exact) mass is 401 g/mol. The van der Waals surface area contributed by atoms with Crippen molar-refractivity contribution >= 4 is 16.9 Å². The average Bonchev–Trinajstić information content (AvgIpc) is 3.05. The molecule has 154 valence electrons. The van der Waals surface area contributed by atoms with E-state index >= 15 is 0 Å². The van der Waals surface area contributed by atoms with Gasteiger partial charge in [-0.05, 0) is 47.6 Å². The summed E-state index contributed by atoms with van der Waals surface area (Å²) < 4.78 is 5.60. The molecule has 3 aromatic carbocycles. The van der Waals surface area contributed by atoms with Crippen LogP contribution in [0, 0.1) is 0 Å². The van der Waals surface area contributed by atoms with Crippen LogP contribution in [0.3, 0.4) is 0 Å². The highest BCUT2D eigenvalue weighted by atomic mass is 16.6. The first kappa shape index (κ1) is 19.1. The van der Waals surface area contributed by atoms with Crippen LogP contribution in [-0.4, -0.2) is 33.8 Å². The number of amides is 1. The van der Waals surface area contributed by atoms with Gasteiger partial charge in [0.1, 0.15) is 6.61 Å². The smallest absolute Gasteiger partial charge is 0.410 e. The lowest BCUT2D eigenvalue weighted by molar-refractivity contribution is -0.0483. The van der Waals surface area contributed by atoms with Gasteiger partial charge in [-0.25, -0.2) is 4.79 Å². The third-order valence-electron chi connectivity index (χ3n) is 6.67. The van der Waals surface area contributed by atoms with Crippen molar-refractivity contribution in [3.63, 3.8) is 0 Å². The molecule has 0 aromatic heterocycles. The van der Waals surface area contributed by atoms with Gasteiger partial charge < -0.3 is 14.7 Å². The summed E-state index contributed by atoms with van der Waals surface area (Å²) in [6.45, 7) is 0.288. The lowest BCUT2D eigenvalue weighted by atomic mass is 9.80. The normalized spacial score (nSPS) is 25.4. The summed E-state index contributed by atoms with van der Waals surface area (Å²) in [4.78, 5) is 14.7. The average molecular weight is 402 g/mol. The molecule has 5 rings (SSSR count). The summed E-state index contributed by atoms with van der Waals surface area (Å²) in [5.41, 5.74) is 1.38. The number of carbonyl (C=O) groups excluding carboxylic acids is 1. The van der Waals surface area contributed by atoms with E-state index in [0.29, 0.717) is 19.3 Å². The zero-order valence-electron chi connectivity index (χ0n) is 17.0. The van der Waals surface area contributed by atoms with Gasteiger partial charge in [0.2, 0.25) is 0 Å². The Hall–Kier alpha value is -2.85. The van der Waals surface area contributed by atoms with Gasteiger partial charge >= 0.3 is 6.09 Å². The van der Waals surface area contributed by atoms with Crippen LogP contribution in [0.4, 0.5) is 4.79 Å². The Bertz CT molecular complexity index is 1030. The van der Waals surface area contributed by atoms with Gasteiger partial charge in [0, 0.05) is 18.5 Å². The van der Waals surface area contributed by atoms with Gasteiger partial charge in [0.25, 0.3) is 0 Å². The second-order valence-corrected chi connectivity index (χ2v) is 8.78. The highest BCUT2D eigenvalue weighted by Crippen LogP contribution is 2.43. The van der Waals surface area contributed by atoms with Crippen LogP contribution in [0.5, 0.6) is 0 Å². The van der Waals surface area contributed by atoms with E-state index < -0.39 is 5.60 Å². The number of nitrogens with zero attached hydrogens (tertiary/aromatic N) is 1. The summed E-state index contributed by atoms with van der Waals surface area (Å²) in [5, 5.41) is 13.9. The molecule has 2 saturated heterocycles. The first-order valence-electron chi connectivity index (χ1n) is 10.8. The molecule has 2 bridgehead atoms. The Morgan fingerprint density at radius 1 is 0.933 bits per heavy atom. The lowest BCUT2D eigenvalue weighted by Gasteiger charge is -2.43. The zero-order valence-corrected chi connectivity index (χ0v) is 17.0. The molecule has 4 heteroatoms. The largest absolute Gasteiger partial charge is 0.445 e. The number of carbonyl (C=O) groups is 1. The molecular formula is C26H27NO3. The Kier molecular flexibility index (Phi) is 4.95. The van der Waals surface area contributed by atoms with Crippen molar-refractivity contribution in [2.45, 2.75) is 56.4 Å². The standard InChI is InChI=1S/C26H27NO3/c28-25(30-18-19-7-2-1-3-8-19)27-22-13-14-23(27)17-26(29,16-22)15-21-11-6-10-20-9-4-5-12-24(20)21/h1-12,22-23,29H,13-18H2. The van der Waals surface area contributed by atoms with E-state index in [0.717, 1.165) is 18.4 Å². The molecule has 2 heterocycles. The molecule has 0 radical (unpaired) electrons. The van der Waals surface area contributed by atoms with E-state index in [9.17, 15) is 9.90 Å². The fourth-order valence-corrected chi connectivity index (χ4v) is 5.36. The highest BCUT2D eigenvalue weighted by Gasteiger charge is 2.49. The first-order valence-corrected chi connectivity index (χ1v) is 10.8. The fourth-order valence-electron chi connectivity index (χ4n) is 5.36. The van der Waals surface area contributed by atoms with Crippen molar-refractivity contribution in [3.8, 4) is 0 Å². The lowest BCUT2D eigenvalue weighted by Crippen LogP contribution is -2.54. The van der Waals surface area contributed by atoms with E-state index in [1.54, 1.807) is 0 Å². The number of fused-ring (bicyclic) bond motifs is 3. The second kappa shape index (κ2) is 7.77. The summed E-state index contributed by atoms with van der Waals surface area (Å²) in [7, 11) is 0.